The van der Waals surface area contributed by atoms with E-state index in [0.717, 1.165) is 51.8 Å². The van der Waals surface area contributed by atoms with Gasteiger partial charge in [0.2, 0.25) is 0 Å². The minimum Gasteiger partial charge on any atom is -0.383 e. The molecular formula is C28H34N2O3. The van der Waals surface area contributed by atoms with Crippen molar-refractivity contribution >= 4 is 22.5 Å². The number of nitrogens with zero attached hydrogens (tertiary/aromatic N) is 1. The summed E-state index contributed by atoms with van der Waals surface area (Å²) in [5.74, 6) is 0.0309. The number of H-pyrrole nitrogens is 1. The summed E-state index contributed by atoms with van der Waals surface area (Å²) in [6.45, 7) is 9.89. The molecule has 5 nitrogen and oxygen atoms in total. The van der Waals surface area contributed by atoms with Gasteiger partial charge in [0.1, 0.15) is 0 Å². The van der Waals surface area contributed by atoms with E-state index in [9.17, 15) is 9.59 Å². The van der Waals surface area contributed by atoms with Crippen LogP contribution in [-0.2, 0) is 14.3 Å². The molecule has 5 heteroatoms. The van der Waals surface area contributed by atoms with Gasteiger partial charge in [-0.25, -0.2) is 0 Å². The van der Waals surface area contributed by atoms with Gasteiger partial charge in [0, 0.05) is 72.1 Å². The highest BCUT2D eigenvalue weighted by atomic mass is 16.5. The second-order valence-electron chi connectivity index (χ2n) is 11.5. The van der Waals surface area contributed by atoms with E-state index in [1.807, 2.05) is 18.3 Å². The molecule has 0 unspecified atom stereocenters. The maximum Gasteiger partial charge on any atom is 0.162 e. The Kier molecular flexibility index (Phi) is 5.16. The van der Waals surface area contributed by atoms with Crippen molar-refractivity contribution in [3.8, 4) is 0 Å². The van der Waals surface area contributed by atoms with Crippen LogP contribution in [-0.4, -0.2) is 41.7 Å². The van der Waals surface area contributed by atoms with Crippen LogP contribution in [0.4, 0.5) is 0 Å². The maximum atomic E-state index is 13.8. The van der Waals surface area contributed by atoms with Gasteiger partial charge in [-0.1, -0.05) is 45.9 Å². The molecule has 0 saturated carbocycles. The van der Waals surface area contributed by atoms with Gasteiger partial charge in [0.15, 0.2) is 11.6 Å². The van der Waals surface area contributed by atoms with E-state index in [2.05, 4.69) is 49.7 Å². The predicted molar refractivity (Wildman–Crippen MR) is 130 cm³/mol. The molecule has 174 valence electrons. The smallest absolute Gasteiger partial charge is 0.162 e. The van der Waals surface area contributed by atoms with Crippen molar-refractivity contribution in [1.29, 1.82) is 0 Å². The number of hydrogen-bond acceptors (Lipinski definition) is 4. The van der Waals surface area contributed by atoms with Crippen molar-refractivity contribution in [2.24, 2.45) is 10.8 Å². The summed E-state index contributed by atoms with van der Waals surface area (Å²) in [5.41, 5.74) is 5.67. The van der Waals surface area contributed by atoms with E-state index in [4.69, 9.17) is 4.74 Å². The average Bonchev–Trinajstić information content (AvgIpc) is 3.14. The molecule has 0 spiro atoms. The van der Waals surface area contributed by atoms with E-state index in [1.54, 1.807) is 7.11 Å². The van der Waals surface area contributed by atoms with Gasteiger partial charge >= 0.3 is 0 Å². The number of carbonyl (C=O) groups excluding carboxylic acids is 2. The number of carbonyl (C=O) groups is 2. The highest BCUT2D eigenvalue weighted by molar-refractivity contribution is 6.08. The number of hydrogen-bond donors (Lipinski definition) is 1. The second kappa shape index (κ2) is 7.69. The van der Waals surface area contributed by atoms with E-state index >= 15 is 0 Å². The summed E-state index contributed by atoms with van der Waals surface area (Å²) in [5, 5.41) is 1.09. The van der Waals surface area contributed by atoms with Crippen LogP contribution in [0.2, 0.25) is 0 Å². The summed E-state index contributed by atoms with van der Waals surface area (Å²) >= 11 is 0. The van der Waals surface area contributed by atoms with Crippen LogP contribution < -0.4 is 0 Å². The minimum absolute atomic E-state index is 0.113. The summed E-state index contributed by atoms with van der Waals surface area (Å²) in [6, 6.07) is 8.17. The van der Waals surface area contributed by atoms with Crippen molar-refractivity contribution in [2.45, 2.75) is 59.3 Å². The number of Topliss-reactive ketones (excluding diaryl/α,β-unsaturated/α-hetero) is 2. The average molecular weight is 447 g/mol. The zero-order valence-electron chi connectivity index (χ0n) is 20.4. The number of ether oxygens (including phenoxy) is 1. The number of aromatic nitrogens is 1. The van der Waals surface area contributed by atoms with Crippen LogP contribution in [0.3, 0.4) is 0 Å². The predicted octanol–water partition coefficient (Wildman–Crippen LogP) is 5.50. The highest BCUT2D eigenvalue weighted by Gasteiger charge is 2.49. The number of ketones is 2. The summed E-state index contributed by atoms with van der Waals surface area (Å²) in [7, 11) is 1.70. The molecule has 0 amide bonds. The molecule has 0 saturated heterocycles. The number of benzene rings is 1. The molecular weight excluding hydrogens is 412 g/mol. The number of rotatable bonds is 4. The number of aromatic amines is 1. The monoisotopic (exact) mass is 446 g/mol. The van der Waals surface area contributed by atoms with Crippen LogP contribution in [0.5, 0.6) is 0 Å². The lowest BCUT2D eigenvalue weighted by Crippen LogP contribution is -2.45. The van der Waals surface area contributed by atoms with Crippen molar-refractivity contribution in [3.05, 3.63) is 58.6 Å². The molecule has 0 atom stereocenters. The molecule has 5 rings (SSSR count). The summed E-state index contributed by atoms with van der Waals surface area (Å²) < 4.78 is 5.46. The Bertz CT molecular complexity index is 1160. The third-order valence-electron chi connectivity index (χ3n) is 7.47. The zero-order valence-corrected chi connectivity index (χ0v) is 20.4. The highest BCUT2D eigenvalue weighted by Crippen LogP contribution is 2.55. The normalized spacial score (nSPS) is 22.8. The van der Waals surface area contributed by atoms with Crippen LogP contribution in [0.15, 0.2) is 53.0 Å². The Morgan fingerprint density at radius 1 is 0.939 bits per heavy atom. The third-order valence-corrected chi connectivity index (χ3v) is 7.47. The molecule has 33 heavy (non-hydrogen) atoms. The molecule has 2 heterocycles. The molecule has 0 radical (unpaired) electrons. The van der Waals surface area contributed by atoms with Crippen LogP contribution in [0, 0.1) is 10.8 Å². The fraction of sp³-hybridized carbons (Fsp3) is 0.500. The quantitative estimate of drug-likeness (QED) is 0.674. The van der Waals surface area contributed by atoms with Gasteiger partial charge in [-0.15, -0.1) is 0 Å². The molecule has 0 fully saturated rings. The molecule has 2 aromatic rings. The van der Waals surface area contributed by atoms with Crippen LogP contribution in [0.25, 0.3) is 10.9 Å². The lowest BCUT2D eigenvalue weighted by Gasteiger charge is -2.49. The summed E-state index contributed by atoms with van der Waals surface area (Å²) in [4.78, 5) is 33.2. The molecule has 1 aromatic heterocycles. The van der Waals surface area contributed by atoms with Crippen molar-refractivity contribution in [3.63, 3.8) is 0 Å². The lowest BCUT2D eigenvalue weighted by atomic mass is 9.63. The SMILES string of the molecule is COCCN1C2=C(C(=O)CC(C)(C)C2)C(c2c[nH]c3ccccc23)C2=C1CC(C)(C)CC2=O. The Morgan fingerprint density at radius 3 is 2.09 bits per heavy atom. The first-order valence-electron chi connectivity index (χ1n) is 12.0. The molecule has 2 aliphatic carbocycles. The first-order chi connectivity index (χ1) is 15.6. The molecule has 0 bridgehead atoms. The Morgan fingerprint density at radius 2 is 1.52 bits per heavy atom. The fourth-order valence-corrected chi connectivity index (χ4v) is 6.14. The topological polar surface area (TPSA) is 62.4 Å². The second-order valence-corrected chi connectivity index (χ2v) is 11.5. The number of nitrogens with one attached hydrogen (secondary N) is 1. The third kappa shape index (κ3) is 3.67. The van der Waals surface area contributed by atoms with Gasteiger partial charge in [-0.2, -0.15) is 0 Å². The zero-order chi connectivity index (χ0) is 23.5. The van der Waals surface area contributed by atoms with Crippen molar-refractivity contribution in [2.75, 3.05) is 20.3 Å². The molecule has 3 aliphatic rings. The van der Waals surface area contributed by atoms with Crippen molar-refractivity contribution < 1.29 is 14.3 Å². The number of allylic oxidation sites excluding steroid dienone is 4. The number of fused-ring (bicyclic) bond motifs is 1. The van der Waals surface area contributed by atoms with Gasteiger partial charge in [-0.3, -0.25) is 9.59 Å². The van der Waals surface area contributed by atoms with Gasteiger partial charge in [0.25, 0.3) is 0 Å². The summed E-state index contributed by atoms with van der Waals surface area (Å²) in [6.07, 6.45) is 4.66. The van der Waals surface area contributed by atoms with E-state index in [0.29, 0.717) is 26.0 Å². The van der Waals surface area contributed by atoms with Gasteiger partial charge in [0.05, 0.1) is 6.61 Å². The van der Waals surface area contributed by atoms with Crippen LogP contribution >= 0.6 is 0 Å². The first kappa shape index (κ1) is 22.1. The van der Waals surface area contributed by atoms with Gasteiger partial charge < -0.3 is 14.6 Å². The Hall–Kier alpha value is -2.66. The minimum atomic E-state index is -0.308. The fourth-order valence-electron chi connectivity index (χ4n) is 6.14. The van der Waals surface area contributed by atoms with Crippen molar-refractivity contribution in [1.82, 2.24) is 9.88 Å². The largest absolute Gasteiger partial charge is 0.383 e. The van der Waals surface area contributed by atoms with E-state index in [-0.39, 0.29) is 28.3 Å². The Balaban J connectivity index is 1.79. The maximum absolute atomic E-state index is 13.8. The lowest BCUT2D eigenvalue weighted by molar-refractivity contribution is -0.119. The standard InChI is InChI=1S/C28H34N2O3/c1-27(2)12-20-25(22(31)14-27)24(18-16-29-19-9-7-6-8-17(18)19)26-21(30(20)10-11-33-5)13-28(3,4)15-23(26)32/h6-9,16,24,29H,10-15H2,1-5H3. The molecule has 1 N–H and O–H groups in total. The van der Waals surface area contributed by atoms with E-state index < -0.39 is 0 Å². The van der Waals surface area contributed by atoms with E-state index in [1.165, 1.54) is 0 Å². The van der Waals surface area contributed by atoms with Gasteiger partial charge in [-0.05, 0) is 35.3 Å². The number of para-hydroxylation sites is 1. The molecule has 1 aromatic carbocycles. The molecule has 1 aliphatic heterocycles. The van der Waals surface area contributed by atoms with Crippen LogP contribution in [0.1, 0.15) is 64.9 Å². The first-order valence-corrected chi connectivity index (χ1v) is 12.0. The number of methoxy groups -OCH3 is 1. The Labute approximate surface area is 195 Å².